The van der Waals surface area contributed by atoms with Crippen molar-refractivity contribution in [1.29, 1.82) is 0 Å². The predicted molar refractivity (Wildman–Crippen MR) is 121 cm³/mol. The Labute approximate surface area is 184 Å². The van der Waals surface area contributed by atoms with Crippen molar-refractivity contribution in [3.8, 4) is 0 Å². The first-order chi connectivity index (χ1) is 15.0. The number of hydrogen-bond donors (Lipinski definition) is 2. The van der Waals surface area contributed by atoms with E-state index < -0.39 is 11.9 Å². The Morgan fingerprint density at radius 3 is 2.26 bits per heavy atom. The number of anilines is 1. The molecule has 0 fully saturated rings. The van der Waals surface area contributed by atoms with Crippen LogP contribution in [0.1, 0.15) is 22.3 Å². The van der Waals surface area contributed by atoms with E-state index in [0.29, 0.717) is 24.2 Å². The molecule has 3 rings (SSSR count). The molecule has 0 heterocycles. The number of nitrogens with zero attached hydrogens (tertiary/aromatic N) is 1. The molecule has 5 nitrogen and oxygen atoms in total. The van der Waals surface area contributed by atoms with Gasteiger partial charge in [0.05, 0.1) is 0 Å². The molecule has 3 aromatic rings. The molecule has 2 amide bonds. The fraction of sp³-hybridized carbons (Fsp3) is 0.167. The van der Waals surface area contributed by atoms with Gasteiger partial charge in [-0.2, -0.15) is 0 Å². The average molecular weight is 439 g/mol. The van der Waals surface area contributed by atoms with Gasteiger partial charge < -0.3 is 10.4 Å². The summed E-state index contributed by atoms with van der Waals surface area (Å²) in [5.74, 6) is 0.121. The minimum Gasteiger partial charge on any atom is -0.465 e. The van der Waals surface area contributed by atoms with Crippen molar-refractivity contribution >= 4 is 29.4 Å². The molecule has 31 heavy (non-hydrogen) atoms. The van der Waals surface area contributed by atoms with Crippen molar-refractivity contribution < 1.29 is 19.1 Å². The number of carbonyl (C=O) groups is 2. The number of halogens is 1. The van der Waals surface area contributed by atoms with Gasteiger partial charge >= 0.3 is 6.09 Å². The van der Waals surface area contributed by atoms with Gasteiger partial charge in [0.15, 0.2) is 0 Å². The number of carboxylic acid groups (broad SMARTS) is 1. The van der Waals surface area contributed by atoms with Crippen molar-refractivity contribution in [2.75, 3.05) is 18.0 Å². The van der Waals surface area contributed by atoms with Gasteiger partial charge in [0.2, 0.25) is 0 Å². The Morgan fingerprint density at radius 2 is 1.61 bits per heavy atom. The summed E-state index contributed by atoms with van der Waals surface area (Å²) in [4.78, 5) is 26.0. The van der Waals surface area contributed by atoms with E-state index in [0.717, 1.165) is 10.6 Å². The maximum Gasteiger partial charge on any atom is 0.411 e. The highest BCUT2D eigenvalue weighted by atomic mass is 32.2. The Hall–Kier alpha value is -3.32. The molecule has 0 aromatic heterocycles. The molecule has 0 aliphatic rings. The van der Waals surface area contributed by atoms with Crippen LogP contribution in [0.25, 0.3) is 0 Å². The van der Waals surface area contributed by atoms with E-state index in [1.54, 1.807) is 23.9 Å². The summed E-state index contributed by atoms with van der Waals surface area (Å²) in [7, 11) is 0. The second-order valence-corrected chi connectivity index (χ2v) is 7.87. The summed E-state index contributed by atoms with van der Waals surface area (Å²) in [5.41, 5.74) is 2.17. The van der Waals surface area contributed by atoms with E-state index in [1.807, 2.05) is 30.3 Å². The first kappa shape index (κ1) is 22.4. The van der Waals surface area contributed by atoms with Gasteiger partial charge in [-0.25, -0.2) is 9.18 Å². The number of thioether (sulfide) groups is 1. The molecule has 0 unspecified atom stereocenters. The zero-order chi connectivity index (χ0) is 22.1. The molecule has 0 spiro atoms. The number of rotatable bonds is 9. The molecule has 0 aliphatic carbocycles. The minimum atomic E-state index is -1.05. The standard InChI is InChI=1S/C24H23FN2O3S/c25-20-9-7-19(8-10-20)23(28)26-15-4-16-27(24(29)30)21-11-13-22(14-12-21)31-17-18-5-2-1-3-6-18/h1-3,5-14H,4,15-17H2,(H,26,28)(H,29,30). The van der Waals surface area contributed by atoms with Crippen LogP contribution in [0.3, 0.4) is 0 Å². The maximum absolute atomic E-state index is 12.9. The van der Waals surface area contributed by atoms with Crippen molar-refractivity contribution in [2.24, 2.45) is 0 Å². The van der Waals surface area contributed by atoms with Gasteiger partial charge in [0.1, 0.15) is 5.82 Å². The predicted octanol–water partition coefficient (Wildman–Crippen LogP) is 5.42. The molecular formula is C24H23FN2O3S. The van der Waals surface area contributed by atoms with Crippen LogP contribution in [0.5, 0.6) is 0 Å². The first-order valence-corrected chi connectivity index (χ1v) is 10.8. The quantitative estimate of drug-likeness (QED) is 0.346. The lowest BCUT2D eigenvalue weighted by Crippen LogP contribution is -2.33. The maximum atomic E-state index is 12.9. The number of nitrogens with one attached hydrogen (secondary N) is 1. The number of hydrogen-bond acceptors (Lipinski definition) is 3. The van der Waals surface area contributed by atoms with Crippen LogP contribution in [0.15, 0.2) is 83.8 Å². The third-order valence-corrected chi connectivity index (χ3v) is 5.66. The molecule has 0 bridgehead atoms. The lowest BCUT2D eigenvalue weighted by molar-refractivity contribution is 0.0953. The smallest absolute Gasteiger partial charge is 0.411 e. The van der Waals surface area contributed by atoms with E-state index in [-0.39, 0.29) is 12.5 Å². The van der Waals surface area contributed by atoms with Crippen molar-refractivity contribution in [3.63, 3.8) is 0 Å². The van der Waals surface area contributed by atoms with Crippen LogP contribution in [-0.4, -0.2) is 30.2 Å². The van der Waals surface area contributed by atoms with Gasteiger partial charge in [-0.3, -0.25) is 9.69 Å². The molecule has 0 atom stereocenters. The Bertz CT molecular complexity index is 996. The largest absolute Gasteiger partial charge is 0.465 e. The van der Waals surface area contributed by atoms with Gasteiger partial charge in [-0.05, 0) is 60.5 Å². The molecule has 2 N–H and O–H groups in total. The summed E-state index contributed by atoms with van der Waals surface area (Å²) >= 11 is 1.69. The van der Waals surface area contributed by atoms with E-state index in [4.69, 9.17) is 0 Å². The summed E-state index contributed by atoms with van der Waals surface area (Å²) < 4.78 is 12.9. The lowest BCUT2D eigenvalue weighted by Gasteiger charge is -2.19. The van der Waals surface area contributed by atoms with Crippen molar-refractivity contribution in [1.82, 2.24) is 5.32 Å². The molecule has 7 heteroatoms. The third-order valence-electron chi connectivity index (χ3n) is 4.58. The summed E-state index contributed by atoms with van der Waals surface area (Å²) in [6.07, 6.45) is -0.599. The van der Waals surface area contributed by atoms with Crippen molar-refractivity contribution in [3.05, 3.63) is 95.8 Å². The van der Waals surface area contributed by atoms with E-state index >= 15 is 0 Å². The van der Waals surface area contributed by atoms with Crippen LogP contribution in [-0.2, 0) is 5.75 Å². The van der Waals surface area contributed by atoms with E-state index in [2.05, 4.69) is 17.4 Å². The highest BCUT2D eigenvalue weighted by molar-refractivity contribution is 7.98. The van der Waals surface area contributed by atoms with Crippen molar-refractivity contribution in [2.45, 2.75) is 17.1 Å². The lowest BCUT2D eigenvalue weighted by atomic mass is 10.2. The van der Waals surface area contributed by atoms with Crippen LogP contribution < -0.4 is 10.2 Å². The van der Waals surface area contributed by atoms with Gasteiger partial charge in [0.25, 0.3) is 5.91 Å². The highest BCUT2D eigenvalue weighted by Gasteiger charge is 2.14. The second kappa shape index (κ2) is 11.2. The monoisotopic (exact) mass is 438 g/mol. The Balaban J connectivity index is 1.49. The molecule has 0 saturated carbocycles. The van der Waals surface area contributed by atoms with Gasteiger partial charge in [0, 0.05) is 35.0 Å². The van der Waals surface area contributed by atoms with Crippen LogP contribution >= 0.6 is 11.8 Å². The normalized spacial score (nSPS) is 10.5. The summed E-state index contributed by atoms with van der Waals surface area (Å²) in [6, 6.07) is 22.8. The average Bonchev–Trinajstić information content (AvgIpc) is 2.79. The van der Waals surface area contributed by atoms with Crippen LogP contribution in [0, 0.1) is 5.82 Å². The number of amides is 2. The highest BCUT2D eigenvalue weighted by Crippen LogP contribution is 2.25. The SMILES string of the molecule is O=C(NCCCN(C(=O)O)c1ccc(SCc2ccccc2)cc1)c1ccc(F)cc1. The van der Waals surface area contributed by atoms with Gasteiger partial charge in [-0.15, -0.1) is 11.8 Å². The molecular weight excluding hydrogens is 415 g/mol. The molecule has 0 radical (unpaired) electrons. The Kier molecular flexibility index (Phi) is 8.06. The fourth-order valence-corrected chi connectivity index (χ4v) is 3.80. The van der Waals surface area contributed by atoms with E-state index in [1.165, 1.54) is 34.7 Å². The summed E-state index contributed by atoms with van der Waals surface area (Å²) in [6.45, 7) is 0.556. The fourth-order valence-electron chi connectivity index (χ4n) is 2.94. The molecule has 160 valence electrons. The molecule has 0 saturated heterocycles. The van der Waals surface area contributed by atoms with Crippen LogP contribution in [0.4, 0.5) is 14.9 Å². The first-order valence-electron chi connectivity index (χ1n) is 9.84. The van der Waals surface area contributed by atoms with E-state index in [9.17, 15) is 19.1 Å². The zero-order valence-electron chi connectivity index (χ0n) is 16.8. The topological polar surface area (TPSA) is 69.6 Å². The zero-order valence-corrected chi connectivity index (χ0v) is 17.6. The number of benzene rings is 3. The molecule has 0 aliphatic heterocycles. The van der Waals surface area contributed by atoms with Crippen LogP contribution in [0.2, 0.25) is 0 Å². The minimum absolute atomic E-state index is 0.246. The summed E-state index contributed by atoms with van der Waals surface area (Å²) in [5, 5.41) is 12.3. The number of carbonyl (C=O) groups excluding carboxylic acids is 1. The molecule has 3 aromatic carbocycles. The second-order valence-electron chi connectivity index (χ2n) is 6.82. The Morgan fingerprint density at radius 1 is 0.935 bits per heavy atom. The van der Waals surface area contributed by atoms with Gasteiger partial charge in [-0.1, -0.05) is 30.3 Å². The third kappa shape index (κ3) is 6.86.